The molecule has 5 heteroatoms. The molecule has 20 heavy (non-hydrogen) atoms. The lowest BCUT2D eigenvalue weighted by molar-refractivity contribution is 0.299. The van der Waals surface area contributed by atoms with Crippen molar-refractivity contribution in [2.45, 2.75) is 13.2 Å². The molecule has 0 fully saturated rings. The molecular weight excluding hydrogens is 328 g/mol. The lowest BCUT2D eigenvalue weighted by Crippen LogP contribution is -2.06. The molecule has 0 heterocycles. The number of halogens is 3. The van der Waals surface area contributed by atoms with Gasteiger partial charge in [-0.1, -0.05) is 15.9 Å². The molecule has 0 aliphatic rings. The Hall–Kier alpha value is -1.46. The molecule has 2 aromatic rings. The van der Waals surface area contributed by atoms with Crippen molar-refractivity contribution >= 4 is 15.9 Å². The summed E-state index contributed by atoms with van der Waals surface area (Å²) in [6, 6.07) is 9.01. The van der Waals surface area contributed by atoms with E-state index < -0.39 is 11.6 Å². The third kappa shape index (κ3) is 3.77. The van der Waals surface area contributed by atoms with Crippen molar-refractivity contribution in [1.82, 2.24) is 5.32 Å². The number of ether oxygens (including phenoxy) is 1. The van der Waals surface area contributed by atoms with Gasteiger partial charge in [0.1, 0.15) is 24.0 Å². The Morgan fingerprint density at radius 3 is 2.60 bits per heavy atom. The average molecular weight is 342 g/mol. The van der Waals surface area contributed by atoms with E-state index in [2.05, 4.69) is 21.2 Å². The molecule has 0 saturated heterocycles. The van der Waals surface area contributed by atoms with E-state index in [0.29, 0.717) is 17.9 Å². The largest absolute Gasteiger partial charge is 0.489 e. The summed E-state index contributed by atoms with van der Waals surface area (Å²) in [5, 5.41) is 3.05. The van der Waals surface area contributed by atoms with Crippen molar-refractivity contribution in [3.63, 3.8) is 0 Å². The van der Waals surface area contributed by atoms with Crippen molar-refractivity contribution in [3.8, 4) is 5.75 Å². The molecule has 0 amide bonds. The van der Waals surface area contributed by atoms with E-state index in [0.717, 1.165) is 16.1 Å². The number of hydrogen-bond donors (Lipinski definition) is 1. The molecule has 0 bridgehead atoms. The fourth-order valence-corrected chi connectivity index (χ4v) is 2.15. The number of rotatable bonds is 5. The zero-order chi connectivity index (χ0) is 14.5. The second-order valence-corrected chi connectivity index (χ2v) is 5.16. The molecule has 0 aromatic heterocycles. The molecule has 2 rings (SSSR count). The van der Waals surface area contributed by atoms with E-state index in [-0.39, 0.29) is 6.61 Å². The molecule has 0 radical (unpaired) electrons. The van der Waals surface area contributed by atoms with Crippen LogP contribution in [-0.4, -0.2) is 7.05 Å². The summed E-state index contributed by atoms with van der Waals surface area (Å²) < 4.78 is 32.8. The minimum atomic E-state index is -0.599. The van der Waals surface area contributed by atoms with E-state index in [1.807, 2.05) is 19.2 Å². The van der Waals surface area contributed by atoms with E-state index in [1.54, 1.807) is 6.07 Å². The third-order valence-electron chi connectivity index (χ3n) is 2.79. The maximum absolute atomic E-state index is 13.5. The van der Waals surface area contributed by atoms with Gasteiger partial charge in [-0.15, -0.1) is 0 Å². The van der Waals surface area contributed by atoms with Gasteiger partial charge < -0.3 is 10.1 Å². The molecule has 1 N–H and O–H groups in total. The highest BCUT2D eigenvalue weighted by molar-refractivity contribution is 9.10. The molecule has 2 aromatic carbocycles. The van der Waals surface area contributed by atoms with Crippen LogP contribution in [0.4, 0.5) is 8.78 Å². The zero-order valence-corrected chi connectivity index (χ0v) is 12.5. The minimum absolute atomic E-state index is 0.0622. The topological polar surface area (TPSA) is 21.3 Å². The van der Waals surface area contributed by atoms with Crippen molar-refractivity contribution in [1.29, 1.82) is 0 Å². The molecule has 0 atom stereocenters. The summed E-state index contributed by atoms with van der Waals surface area (Å²) in [6.45, 7) is 0.759. The first kappa shape index (κ1) is 14.9. The average Bonchev–Trinajstić information content (AvgIpc) is 2.41. The Kier molecular flexibility index (Phi) is 5.09. The van der Waals surface area contributed by atoms with Crippen LogP contribution in [0, 0.1) is 11.6 Å². The molecule has 0 aliphatic carbocycles. The van der Waals surface area contributed by atoms with Gasteiger partial charge in [0.2, 0.25) is 0 Å². The smallest absolute Gasteiger partial charge is 0.132 e. The van der Waals surface area contributed by atoms with Gasteiger partial charge in [0.05, 0.1) is 0 Å². The Balaban J connectivity index is 2.08. The zero-order valence-electron chi connectivity index (χ0n) is 10.9. The van der Waals surface area contributed by atoms with Gasteiger partial charge in [0.15, 0.2) is 0 Å². The van der Waals surface area contributed by atoms with Crippen LogP contribution in [-0.2, 0) is 13.2 Å². The normalized spacial score (nSPS) is 10.6. The van der Waals surface area contributed by atoms with Crippen LogP contribution in [0.3, 0.4) is 0 Å². The molecule has 106 valence electrons. The molecule has 2 nitrogen and oxygen atoms in total. The first-order chi connectivity index (χ1) is 9.60. The Bertz CT molecular complexity index is 604. The highest BCUT2D eigenvalue weighted by atomic mass is 79.9. The van der Waals surface area contributed by atoms with Crippen LogP contribution >= 0.6 is 15.9 Å². The van der Waals surface area contributed by atoms with Crippen LogP contribution in [0.15, 0.2) is 40.9 Å². The first-order valence-electron chi connectivity index (χ1n) is 6.10. The van der Waals surface area contributed by atoms with Crippen LogP contribution in [0.1, 0.15) is 11.1 Å². The van der Waals surface area contributed by atoms with Gasteiger partial charge in [-0.3, -0.25) is 0 Å². The second kappa shape index (κ2) is 6.81. The Labute approximate surface area is 124 Å². The number of benzene rings is 2. The van der Waals surface area contributed by atoms with Crippen LogP contribution in [0.25, 0.3) is 0 Å². The van der Waals surface area contributed by atoms with Gasteiger partial charge in [0.25, 0.3) is 0 Å². The Morgan fingerprint density at radius 1 is 1.10 bits per heavy atom. The van der Waals surface area contributed by atoms with Crippen LogP contribution in [0.5, 0.6) is 5.75 Å². The maximum Gasteiger partial charge on any atom is 0.132 e. The monoisotopic (exact) mass is 341 g/mol. The second-order valence-electron chi connectivity index (χ2n) is 4.31. The summed E-state index contributed by atoms with van der Waals surface area (Å²) in [4.78, 5) is 0. The van der Waals surface area contributed by atoms with Gasteiger partial charge in [-0.05, 0) is 42.9 Å². The van der Waals surface area contributed by atoms with Crippen LogP contribution in [0.2, 0.25) is 0 Å². The standard InChI is InChI=1S/C15H14BrF2NO/c1-19-8-11-6-13(4-5-14(11)16)20-9-10-2-3-12(17)7-15(10)18/h2-7,19H,8-9H2,1H3. The SMILES string of the molecule is CNCc1cc(OCc2ccc(F)cc2F)ccc1Br. The summed E-state index contributed by atoms with van der Waals surface area (Å²) in [5.41, 5.74) is 1.37. The summed E-state index contributed by atoms with van der Waals surface area (Å²) >= 11 is 3.45. The van der Waals surface area contributed by atoms with Gasteiger partial charge in [-0.2, -0.15) is 0 Å². The van der Waals surface area contributed by atoms with Crippen molar-refractivity contribution in [2.24, 2.45) is 0 Å². The summed E-state index contributed by atoms with van der Waals surface area (Å²) in [5.74, 6) is -0.550. The Morgan fingerprint density at radius 2 is 1.90 bits per heavy atom. The van der Waals surface area contributed by atoms with E-state index in [9.17, 15) is 8.78 Å². The molecule has 0 unspecified atom stereocenters. The summed E-state index contributed by atoms with van der Waals surface area (Å²) in [6.07, 6.45) is 0. The quantitative estimate of drug-likeness (QED) is 0.886. The molecule has 0 aliphatic heterocycles. The highest BCUT2D eigenvalue weighted by Gasteiger charge is 2.06. The van der Waals surface area contributed by atoms with Crippen molar-refractivity contribution < 1.29 is 13.5 Å². The van der Waals surface area contributed by atoms with Crippen LogP contribution < -0.4 is 10.1 Å². The molecule has 0 spiro atoms. The maximum atomic E-state index is 13.5. The van der Waals surface area contributed by atoms with E-state index in [1.165, 1.54) is 12.1 Å². The lowest BCUT2D eigenvalue weighted by Gasteiger charge is -2.10. The predicted octanol–water partition coefficient (Wildman–Crippen LogP) is 4.03. The summed E-state index contributed by atoms with van der Waals surface area (Å²) in [7, 11) is 1.86. The van der Waals surface area contributed by atoms with E-state index >= 15 is 0 Å². The van der Waals surface area contributed by atoms with Crippen molar-refractivity contribution in [3.05, 3.63) is 63.6 Å². The van der Waals surface area contributed by atoms with Gasteiger partial charge >= 0.3 is 0 Å². The lowest BCUT2D eigenvalue weighted by atomic mass is 10.2. The number of nitrogens with one attached hydrogen (secondary N) is 1. The highest BCUT2D eigenvalue weighted by Crippen LogP contribution is 2.23. The third-order valence-corrected chi connectivity index (χ3v) is 3.57. The molecular formula is C15H14BrF2NO. The molecule has 0 saturated carbocycles. The van der Waals surface area contributed by atoms with Gasteiger partial charge in [0, 0.05) is 22.6 Å². The van der Waals surface area contributed by atoms with Crippen molar-refractivity contribution in [2.75, 3.05) is 7.05 Å². The van der Waals surface area contributed by atoms with Gasteiger partial charge in [-0.25, -0.2) is 8.78 Å². The fourth-order valence-electron chi connectivity index (χ4n) is 1.77. The fraction of sp³-hybridized carbons (Fsp3) is 0.200. The number of hydrogen-bond acceptors (Lipinski definition) is 2. The predicted molar refractivity (Wildman–Crippen MR) is 77.6 cm³/mol. The van der Waals surface area contributed by atoms with E-state index in [4.69, 9.17) is 4.74 Å². The minimum Gasteiger partial charge on any atom is -0.489 e. The first-order valence-corrected chi connectivity index (χ1v) is 6.89.